The van der Waals surface area contributed by atoms with E-state index in [9.17, 15) is 14.9 Å². The number of hydrogen-bond donors (Lipinski definition) is 2. The lowest BCUT2D eigenvalue weighted by molar-refractivity contribution is -0.385. The number of carboxylic acids is 1. The zero-order valence-electron chi connectivity index (χ0n) is 11.1. The SMILES string of the molecule is C[C@@]1(COc2ccc(C(=O)O)c([N+](=O)[O-])c2)CCCN1. The molecule has 0 aliphatic carbocycles. The van der Waals surface area contributed by atoms with Crippen LogP contribution in [0.3, 0.4) is 0 Å². The molecule has 1 heterocycles. The van der Waals surface area contributed by atoms with Crippen molar-refractivity contribution < 1.29 is 19.6 Å². The molecule has 0 radical (unpaired) electrons. The Kier molecular flexibility index (Phi) is 3.89. The number of aromatic carboxylic acids is 1. The first-order chi connectivity index (χ1) is 9.41. The van der Waals surface area contributed by atoms with Crippen LogP contribution in [0.25, 0.3) is 0 Å². The normalized spacial score (nSPS) is 21.6. The lowest BCUT2D eigenvalue weighted by Crippen LogP contribution is -2.42. The topological polar surface area (TPSA) is 102 Å². The molecule has 0 spiro atoms. The number of benzene rings is 1. The first-order valence-corrected chi connectivity index (χ1v) is 6.31. The number of nitro groups is 1. The fourth-order valence-electron chi connectivity index (χ4n) is 2.26. The number of carboxylic acid groups (broad SMARTS) is 1. The summed E-state index contributed by atoms with van der Waals surface area (Å²) < 4.78 is 5.56. The largest absolute Gasteiger partial charge is 0.491 e. The first-order valence-electron chi connectivity index (χ1n) is 6.31. The van der Waals surface area contributed by atoms with Crippen molar-refractivity contribution in [3.63, 3.8) is 0 Å². The Morgan fingerprint density at radius 2 is 2.35 bits per heavy atom. The van der Waals surface area contributed by atoms with E-state index in [1.807, 2.05) is 6.92 Å². The lowest BCUT2D eigenvalue weighted by Gasteiger charge is -2.24. The van der Waals surface area contributed by atoms with Crippen LogP contribution in [-0.2, 0) is 0 Å². The highest BCUT2D eigenvalue weighted by Gasteiger charge is 2.29. The molecule has 2 N–H and O–H groups in total. The quantitative estimate of drug-likeness (QED) is 0.630. The van der Waals surface area contributed by atoms with Crippen LogP contribution < -0.4 is 10.1 Å². The van der Waals surface area contributed by atoms with E-state index < -0.39 is 16.6 Å². The summed E-state index contributed by atoms with van der Waals surface area (Å²) in [6.07, 6.45) is 2.04. The number of nitrogens with zero attached hydrogens (tertiary/aromatic N) is 1. The maximum absolute atomic E-state index is 10.9. The smallest absolute Gasteiger partial charge is 0.342 e. The highest BCUT2D eigenvalue weighted by molar-refractivity contribution is 5.92. The Bertz CT molecular complexity index is 538. The summed E-state index contributed by atoms with van der Waals surface area (Å²) >= 11 is 0. The molecule has 7 heteroatoms. The zero-order chi connectivity index (χ0) is 14.8. The summed E-state index contributed by atoms with van der Waals surface area (Å²) in [4.78, 5) is 21.1. The Morgan fingerprint density at radius 1 is 1.60 bits per heavy atom. The third kappa shape index (κ3) is 3.05. The van der Waals surface area contributed by atoms with Crippen LogP contribution in [0.1, 0.15) is 30.1 Å². The molecule has 0 unspecified atom stereocenters. The molecule has 1 saturated heterocycles. The molecule has 0 aromatic heterocycles. The summed E-state index contributed by atoms with van der Waals surface area (Å²) in [5.74, 6) is -1.02. The predicted octanol–water partition coefficient (Wildman–Crippen LogP) is 1.81. The minimum atomic E-state index is -1.33. The molecular weight excluding hydrogens is 264 g/mol. The standard InChI is InChI=1S/C13H16N2O5/c1-13(5-2-6-14-13)8-20-9-3-4-10(12(16)17)11(7-9)15(18)19/h3-4,7,14H,2,5-6,8H2,1H3,(H,16,17)/t13-/m0/s1. The Balaban J connectivity index is 2.15. The van der Waals surface area contributed by atoms with E-state index in [1.54, 1.807) is 0 Å². The molecule has 1 fully saturated rings. The Hall–Kier alpha value is -2.15. The molecule has 2 rings (SSSR count). The summed E-state index contributed by atoms with van der Waals surface area (Å²) in [5.41, 5.74) is -0.938. The van der Waals surface area contributed by atoms with Crippen LogP contribution in [-0.4, -0.2) is 34.7 Å². The maximum Gasteiger partial charge on any atom is 0.342 e. The number of ether oxygens (including phenoxy) is 1. The van der Waals surface area contributed by atoms with E-state index in [2.05, 4.69) is 5.32 Å². The van der Waals surface area contributed by atoms with Crippen LogP contribution >= 0.6 is 0 Å². The fourth-order valence-corrected chi connectivity index (χ4v) is 2.26. The van der Waals surface area contributed by atoms with E-state index in [0.717, 1.165) is 25.5 Å². The van der Waals surface area contributed by atoms with E-state index in [0.29, 0.717) is 12.4 Å². The van der Waals surface area contributed by atoms with Crippen LogP contribution in [0, 0.1) is 10.1 Å². The molecule has 0 saturated carbocycles. The average molecular weight is 280 g/mol. The van der Waals surface area contributed by atoms with Gasteiger partial charge >= 0.3 is 5.97 Å². The summed E-state index contributed by atoms with van der Waals surface area (Å²) in [6, 6.07) is 3.79. The van der Waals surface area contributed by atoms with Crippen LogP contribution in [0.15, 0.2) is 18.2 Å². The van der Waals surface area contributed by atoms with Crippen molar-refractivity contribution in [3.05, 3.63) is 33.9 Å². The maximum atomic E-state index is 10.9. The molecule has 1 aromatic carbocycles. The Morgan fingerprint density at radius 3 is 2.90 bits per heavy atom. The summed E-state index contributed by atoms with van der Waals surface area (Å²) in [6.45, 7) is 3.34. The van der Waals surface area contributed by atoms with E-state index in [4.69, 9.17) is 9.84 Å². The lowest BCUT2D eigenvalue weighted by atomic mass is 10.0. The molecular formula is C13H16N2O5. The van der Waals surface area contributed by atoms with Crippen molar-refractivity contribution in [3.8, 4) is 5.75 Å². The van der Waals surface area contributed by atoms with Gasteiger partial charge in [-0.05, 0) is 38.4 Å². The fraction of sp³-hybridized carbons (Fsp3) is 0.462. The second-order valence-corrected chi connectivity index (χ2v) is 5.12. The molecule has 1 atom stereocenters. The number of nitro benzene ring substituents is 1. The molecule has 0 bridgehead atoms. The van der Waals surface area contributed by atoms with Gasteiger partial charge in [0, 0.05) is 5.54 Å². The molecule has 1 aliphatic rings. The van der Waals surface area contributed by atoms with E-state index >= 15 is 0 Å². The molecule has 108 valence electrons. The van der Waals surface area contributed by atoms with Gasteiger partial charge in [-0.15, -0.1) is 0 Å². The van der Waals surface area contributed by atoms with Gasteiger partial charge in [-0.3, -0.25) is 10.1 Å². The van der Waals surface area contributed by atoms with Gasteiger partial charge in [0.15, 0.2) is 0 Å². The van der Waals surface area contributed by atoms with Gasteiger partial charge in [0.05, 0.1) is 11.0 Å². The summed E-state index contributed by atoms with van der Waals surface area (Å²) in [5, 5.41) is 23.1. The monoisotopic (exact) mass is 280 g/mol. The van der Waals surface area contributed by atoms with Gasteiger partial charge < -0.3 is 15.2 Å². The number of hydrogen-bond acceptors (Lipinski definition) is 5. The van der Waals surface area contributed by atoms with Crippen molar-refractivity contribution >= 4 is 11.7 Å². The van der Waals surface area contributed by atoms with Crippen molar-refractivity contribution in [2.24, 2.45) is 0 Å². The van der Waals surface area contributed by atoms with E-state index in [1.165, 1.54) is 12.1 Å². The third-order valence-electron chi connectivity index (χ3n) is 3.41. The van der Waals surface area contributed by atoms with Gasteiger partial charge in [-0.1, -0.05) is 0 Å². The summed E-state index contributed by atoms with van der Waals surface area (Å²) in [7, 11) is 0. The van der Waals surface area contributed by atoms with E-state index in [-0.39, 0.29) is 11.1 Å². The molecule has 1 aromatic rings. The second kappa shape index (κ2) is 5.46. The highest BCUT2D eigenvalue weighted by Crippen LogP contribution is 2.26. The number of rotatable bonds is 5. The van der Waals surface area contributed by atoms with Crippen LogP contribution in [0.4, 0.5) is 5.69 Å². The first kappa shape index (κ1) is 14.3. The van der Waals surface area contributed by atoms with Gasteiger partial charge in [0.25, 0.3) is 5.69 Å². The van der Waals surface area contributed by atoms with Crippen LogP contribution in [0.2, 0.25) is 0 Å². The van der Waals surface area contributed by atoms with Crippen molar-refractivity contribution in [1.82, 2.24) is 5.32 Å². The number of nitrogens with one attached hydrogen (secondary N) is 1. The van der Waals surface area contributed by atoms with Crippen molar-refractivity contribution in [2.75, 3.05) is 13.2 Å². The average Bonchev–Trinajstić information content (AvgIpc) is 2.83. The van der Waals surface area contributed by atoms with Crippen LogP contribution in [0.5, 0.6) is 5.75 Å². The Labute approximate surface area is 115 Å². The molecule has 1 aliphatic heterocycles. The molecule has 20 heavy (non-hydrogen) atoms. The third-order valence-corrected chi connectivity index (χ3v) is 3.41. The van der Waals surface area contributed by atoms with Crippen molar-refractivity contribution in [1.29, 1.82) is 0 Å². The van der Waals surface area contributed by atoms with Gasteiger partial charge in [-0.2, -0.15) is 0 Å². The minimum Gasteiger partial charge on any atom is -0.491 e. The molecule has 7 nitrogen and oxygen atoms in total. The second-order valence-electron chi connectivity index (χ2n) is 5.12. The minimum absolute atomic E-state index is 0.139. The van der Waals surface area contributed by atoms with Crippen molar-refractivity contribution in [2.45, 2.75) is 25.3 Å². The molecule has 0 amide bonds. The van der Waals surface area contributed by atoms with Gasteiger partial charge in [0.1, 0.15) is 17.9 Å². The van der Waals surface area contributed by atoms with Gasteiger partial charge in [0.2, 0.25) is 0 Å². The number of carbonyl (C=O) groups is 1. The highest BCUT2D eigenvalue weighted by atomic mass is 16.6. The predicted molar refractivity (Wildman–Crippen MR) is 71.2 cm³/mol. The zero-order valence-corrected chi connectivity index (χ0v) is 11.1. The van der Waals surface area contributed by atoms with Gasteiger partial charge in [-0.25, -0.2) is 4.79 Å².